The number of carbonyl (C=O) groups is 2. The molecule has 0 saturated carbocycles. The monoisotopic (exact) mass is 257 g/mol. The van der Waals surface area contributed by atoms with Gasteiger partial charge in [-0.15, -0.1) is 0 Å². The summed E-state index contributed by atoms with van der Waals surface area (Å²) in [6.07, 6.45) is 2.88. The first kappa shape index (κ1) is 15.0. The van der Waals surface area contributed by atoms with E-state index in [9.17, 15) is 9.59 Å². The Labute approximate surface area is 108 Å². The number of carboxylic acid groups (broad SMARTS) is 1. The number of piperidine rings is 1. The SMILES string of the molecule is CC(C)OC(=O)CN1CCC(CCC(=O)O)CC1. The van der Waals surface area contributed by atoms with Crippen LogP contribution in [0.1, 0.15) is 39.5 Å². The Morgan fingerprint density at radius 2 is 1.94 bits per heavy atom. The predicted octanol–water partition coefficient (Wildman–Crippen LogP) is 1.51. The molecule has 0 radical (unpaired) electrons. The number of esters is 1. The van der Waals surface area contributed by atoms with Crippen LogP contribution in [-0.2, 0) is 14.3 Å². The lowest BCUT2D eigenvalue weighted by molar-refractivity contribution is -0.149. The molecular weight excluding hydrogens is 234 g/mol. The van der Waals surface area contributed by atoms with Gasteiger partial charge in [-0.25, -0.2) is 0 Å². The molecule has 1 rings (SSSR count). The number of hydrogen-bond donors (Lipinski definition) is 1. The lowest BCUT2D eigenvalue weighted by Gasteiger charge is -2.31. The number of carboxylic acids is 1. The van der Waals surface area contributed by atoms with E-state index >= 15 is 0 Å². The van der Waals surface area contributed by atoms with Gasteiger partial charge in [0.05, 0.1) is 12.6 Å². The largest absolute Gasteiger partial charge is 0.481 e. The molecule has 5 heteroatoms. The highest BCUT2D eigenvalue weighted by Crippen LogP contribution is 2.21. The lowest BCUT2D eigenvalue weighted by atomic mass is 9.92. The summed E-state index contributed by atoms with van der Waals surface area (Å²) in [7, 11) is 0. The summed E-state index contributed by atoms with van der Waals surface area (Å²) in [5.41, 5.74) is 0. The fourth-order valence-electron chi connectivity index (χ4n) is 2.24. The number of hydrogen-bond acceptors (Lipinski definition) is 4. The van der Waals surface area contributed by atoms with Crippen molar-refractivity contribution >= 4 is 11.9 Å². The van der Waals surface area contributed by atoms with Gasteiger partial charge in [0, 0.05) is 6.42 Å². The van der Waals surface area contributed by atoms with Gasteiger partial charge in [0.1, 0.15) is 0 Å². The van der Waals surface area contributed by atoms with Gasteiger partial charge in [-0.3, -0.25) is 14.5 Å². The van der Waals surface area contributed by atoms with Crippen molar-refractivity contribution in [3.63, 3.8) is 0 Å². The van der Waals surface area contributed by atoms with Gasteiger partial charge in [-0.2, -0.15) is 0 Å². The zero-order valence-corrected chi connectivity index (χ0v) is 11.2. The second kappa shape index (κ2) is 7.36. The normalized spacial score (nSPS) is 17.9. The van der Waals surface area contributed by atoms with Gasteiger partial charge in [-0.1, -0.05) is 0 Å². The molecule has 0 amide bonds. The minimum Gasteiger partial charge on any atom is -0.481 e. The highest BCUT2D eigenvalue weighted by atomic mass is 16.5. The maximum Gasteiger partial charge on any atom is 0.320 e. The quantitative estimate of drug-likeness (QED) is 0.731. The molecule has 18 heavy (non-hydrogen) atoms. The summed E-state index contributed by atoms with van der Waals surface area (Å²) < 4.78 is 5.10. The molecule has 0 aromatic carbocycles. The molecular formula is C13H23NO4. The van der Waals surface area contributed by atoms with Crippen LogP contribution in [-0.4, -0.2) is 47.7 Å². The molecule has 1 fully saturated rings. The van der Waals surface area contributed by atoms with Crippen LogP contribution in [0.2, 0.25) is 0 Å². The number of ether oxygens (including phenoxy) is 1. The maximum atomic E-state index is 11.5. The van der Waals surface area contributed by atoms with Crippen LogP contribution in [0.15, 0.2) is 0 Å². The van der Waals surface area contributed by atoms with Crippen LogP contribution < -0.4 is 0 Å². The molecule has 0 aromatic heterocycles. The van der Waals surface area contributed by atoms with Crippen molar-refractivity contribution in [2.24, 2.45) is 5.92 Å². The highest BCUT2D eigenvalue weighted by Gasteiger charge is 2.21. The van der Waals surface area contributed by atoms with E-state index in [0.717, 1.165) is 32.4 Å². The fourth-order valence-corrected chi connectivity index (χ4v) is 2.24. The number of likely N-dealkylation sites (tertiary alicyclic amines) is 1. The van der Waals surface area contributed by atoms with Crippen molar-refractivity contribution in [2.45, 2.75) is 45.6 Å². The van der Waals surface area contributed by atoms with Crippen molar-refractivity contribution in [3.05, 3.63) is 0 Å². The zero-order valence-electron chi connectivity index (χ0n) is 11.2. The molecule has 1 aliphatic rings. The molecule has 1 saturated heterocycles. The summed E-state index contributed by atoms with van der Waals surface area (Å²) in [6, 6.07) is 0. The van der Waals surface area contributed by atoms with Gasteiger partial charge in [-0.05, 0) is 52.1 Å². The standard InChI is InChI=1S/C13H23NO4/c1-10(2)18-13(17)9-14-7-5-11(6-8-14)3-4-12(15)16/h10-11H,3-9H2,1-2H3,(H,15,16). The third-order valence-corrected chi connectivity index (χ3v) is 3.19. The molecule has 0 aliphatic carbocycles. The predicted molar refractivity (Wildman–Crippen MR) is 67.3 cm³/mol. The van der Waals surface area contributed by atoms with Gasteiger partial charge < -0.3 is 9.84 Å². The van der Waals surface area contributed by atoms with E-state index in [4.69, 9.17) is 9.84 Å². The van der Waals surface area contributed by atoms with Crippen molar-refractivity contribution in [1.29, 1.82) is 0 Å². The van der Waals surface area contributed by atoms with E-state index in [2.05, 4.69) is 4.90 Å². The smallest absolute Gasteiger partial charge is 0.320 e. The molecule has 1 N–H and O–H groups in total. The van der Waals surface area contributed by atoms with E-state index < -0.39 is 5.97 Å². The Hall–Kier alpha value is -1.10. The fraction of sp³-hybridized carbons (Fsp3) is 0.846. The first-order valence-electron chi connectivity index (χ1n) is 6.61. The van der Waals surface area contributed by atoms with Crippen LogP contribution in [0.5, 0.6) is 0 Å². The minimum atomic E-state index is -0.724. The van der Waals surface area contributed by atoms with Crippen LogP contribution in [0.4, 0.5) is 0 Å². The van der Waals surface area contributed by atoms with Gasteiger partial charge in [0.15, 0.2) is 0 Å². The van der Waals surface area contributed by atoms with E-state index in [1.807, 2.05) is 13.8 Å². The summed E-state index contributed by atoms with van der Waals surface area (Å²) in [5.74, 6) is -0.412. The van der Waals surface area contributed by atoms with Crippen molar-refractivity contribution < 1.29 is 19.4 Å². The Bertz CT molecular complexity index is 283. The Kier molecular flexibility index (Phi) is 6.12. The summed E-state index contributed by atoms with van der Waals surface area (Å²) in [5, 5.41) is 8.63. The molecule has 1 heterocycles. The van der Waals surface area contributed by atoms with E-state index in [1.54, 1.807) is 0 Å². The number of carbonyl (C=O) groups excluding carboxylic acids is 1. The van der Waals surface area contributed by atoms with Crippen LogP contribution in [0.25, 0.3) is 0 Å². The molecule has 0 spiro atoms. The molecule has 0 bridgehead atoms. The second-order valence-electron chi connectivity index (χ2n) is 5.19. The number of rotatable bonds is 6. The van der Waals surface area contributed by atoms with Crippen molar-refractivity contribution in [2.75, 3.05) is 19.6 Å². The van der Waals surface area contributed by atoms with E-state index in [0.29, 0.717) is 12.5 Å². The number of nitrogens with zero attached hydrogens (tertiary/aromatic N) is 1. The summed E-state index contributed by atoms with van der Waals surface area (Å²) >= 11 is 0. The number of aliphatic carboxylic acids is 1. The van der Waals surface area contributed by atoms with Crippen molar-refractivity contribution in [3.8, 4) is 0 Å². The first-order valence-corrected chi connectivity index (χ1v) is 6.61. The summed E-state index contributed by atoms with van der Waals surface area (Å²) in [4.78, 5) is 24.0. The van der Waals surface area contributed by atoms with E-state index in [-0.39, 0.29) is 18.5 Å². The molecule has 1 aliphatic heterocycles. The van der Waals surface area contributed by atoms with Crippen LogP contribution >= 0.6 is 0 Å². The van der Waals surface area contributed by atoms with Crippen LogP contribution in [0, 0.1) is 5.92 Å². The third-order valence-electron chi connectivity index (χ3n) is 3.19. The Morgan fingerprint density at radius 3 is 2.44 bits per heavy atom. The van der Waals surface area contributed by atoms with E-state index in [1.165, 1.54) is 0 Å². The summed E-state index contributed by atoms with van der Waals surface area (Å²) in [6.45, 7) is 5.75. The maximum absolute atomic E-state index is 11.5. The van der Waals surface area contributed by atoms with Crippen molar-refractivity contribution in [1.82, 2.24) is 4.90 Å². The average molecular weight is 257 g/mol. The molecule has 0 atom stereocenters. The van der Waals surface area contributed by atoms with Gasteiger partial charge in [0.2, 0.25) is 0 Å². The average Bonchev–Trinajstić information content (AvgIpc) is 2.26. The van der Waals surface area contributed by atoms with Gasteiger partial charge in [0.25, 0.3) is 0 Å². The highest BCUT2D eigenvalue weighted by molar-refractivity contribution is 5.71. The second-order valence-corrected chi connectivity index (χ2v) is 5.19. The molecule has 0 unspecified atom stereocenters. The first-order chi connectivity index (χ1) is 8.47. The Morgan fingerprint density at radius 1 is 1.33 bits per heavy atom. The topological polar surface area (TPSA) is 66.8 Å². The molecule has 104 valence electrons. The van der Waals surface area contributed by atoms with Crippen LogP contribution in [0.3, 0.4) is 0 Å². The third kappa shape index (κ3) is 6.00. The lowest BCUT2D eigenvalue weighted by Crippen LogP contribution is -2.38. The zero-order chi connectivity index (χ0) is 13.5. The molecule has 5 nitrogen and oxygen atoms in total. The van der Waals surface area contributed by atoms with Gasteiger partial charge >= 0.3 is 11.9 Å². The minimum absolute atomic E-state index is 0.0643. The molecule has 0 aromatic rings. The Balaban J connectivity index is 2.19.